The molecule has 2 rings (SSSR count). The van der Waals surface area contributed by atoms with E-state index >= 15 is 0 Å². The van der Waals surface area contributed by atoms with Gasteiger partial charge in [-0.15, -0.1) is 0 Å². The summed E-state index contributed by atoms with van der Waals surface area (Å²) < 4.78 is 1.93. The van der Waals surface area contributed by atoms with Crippen LogP contribution in [0.5, 0.6) is 0 Å². The smallest absolute Gasteiger partial charge is 0.311 e. The average Bonchev–Trinajstić information content (AvgIpc) is 2.74. The number of carbonyl (C=O) groups is 2. The van der Waals surface area contributed by atoms with Crippen LogP contribution in [0.3, 0.4) is 0 Å². The number of rotatable bonds is 5. The Labute approximate surface area is 110 Å². The van der Waals surface area contributed by atoms with Crippen LogP contribution in [0.15, 0.2) is 30.5 Å². The first-order chi connectivity index (χ1) is 9.04. The van der Waals surface area contributed by atoms with E-state index in [-0.39, 0.29) is 0 Å². The quantitative estimate of drug-likeness (QED) is 0.865. The lowest BCUT2D eigenvalue weighted by Crippen LogP contribution is -2.15. The van der Waals surface area contributed by atoms with E-state index in [0.29, 0.717) is 12.1 Å². The van der Waals surface area contributed by atoms with Gasteiger partial charge >= 0.3 is 11.9 Å². The van der Waals surface area contributed by atoms with Crippen LogP contribution in [0.25, 0.3) is 10.9 Å². The molecule has 0 aliphatic rings. The van der Waals surface area contributed by atoms with Crippen molar-refractivity contribution in [3.63, 3.8) is 0 Å². The van der Waals surface area contributed by atoms with Crippen LogP contribution >= 0.6 is 0 Å². The van der Waals surface area contributed by atoms with E-state index in [4.69, 9.17) is 5.11 Å². The first-order valence-corrected chi connectivity index (χ1v) is 6.07. The number of carboxylic acid groups (broad SMARTS) is 2. The molecule has 19 heavy (non-hydrogen) atoms. The Balaban J connectivity index is 2.59. The lowest BCUT2D eigenvalue weighted by Gasteiger charge is -2.08. The van der Waals surface area contributed by atoms with Crippen molar-refractivity contribution in [3.05, 3.63) is 36.0 Å². The predicted molar refractivity (Wildman–Crippen MR) is 70.2 cm³/mol. The van der Waals surface area contributed by atoms with Gasteiger partial charge in [0.25, 0.3) is 0 Å². The number of fused-ring (bicyclic) bond motifs is 1. The van der Waals surface area contributed by atoms with E-state index in [1.54, 1.807) is 6.20 Å². The molecular weight excluding hydrogens is 246 g/mol. The molecule has 1 atom stereocenters. The van der Waals surface area contributed by atoms with Crippen LogP contribution in [0.1, 0.15) is 24.8 Å². The Morgan fingerprint density at radius 2 is 1.95 bits per heavy atom. The summed E-state index contributed by atoms with van der Waals surface area (Å²) in [6, 6.07) is 7.44. The number of benzene rings is 1. The van der Waals surface area contributed by atoms with Crippen molar-refractivity contribution >= 4 is 22.8 Å². The minimum Gasteiger partial charge on any atom is -0.481 e. The first kappa shape index (κ1) is 13.1. The minimum absolute atomic E-state index is 0.410. The largest absolute Gasteiger partial charge is 0.481 e. The predicted octanol–water partition coefficient (Wildman–Crippen LogP) is 2.30. The van der Waals surface area contributed by atoms with Crippen LogP contribution in [-0.2, 0) is 16.1 Å². The number of hydrogen-bond acceptors (Lipinski definition) is 2. The summed E-state index contributed by atoms with van der Waals surface area (Å²) in [5, 5.41) is 18.9. The molecule has 0 saturated heterocycles. The maximum absolute atomic E-state index is 11.3. The third-order valence-corrected chi connectivity index (χ3v) is 3.21. The fourth-order valence-corrected chi connectivity index (χ4v) is 2.32. The Morgan fingerprint density at radius 1 is 1.26 bits per heavy atom. The molecule has 0 aliphatic heterocycles. The number of carboxylic acids is 2. The van der Waals surface area contributed by atoms with Crippen molar-refractivity contribution in [2.45, 2.75) is 25.8 Å². The number of aliphatic carboxylic acids is 2. The second-order valence-electron chi connectivity index (χ2n) is 4.38. The number of aryl methyl sites for hydroxylation is 1. The first-order valence-electron chi connectivity index (χ1n) is 6.07. The molecule has 0 saturated carbocycles. The van der Waals surface area contributed by atoms with Crippen molar-refractivity contribution in [2.24, 2.45) is 0 Å². The Bertz CT molecular complexity index is 629. The molecule has 2 aromatic rings. The van der Waals surface area contributed by atoms with Gasteiger partial charge in [-0.1, -0.05) is 18.2 Å². The van der Waals surface area contributed by atoms with Gasteiger partial charge in [-0.3, -0.25) is 9.59 Å². The zero-order valence-electron chi connectivity index (χ0n) is 10.5. The third kappa shape index (κ3) is 2.45. The lowest BCUT2D eigenvalue weighted by molar-refractivity contribution is -0.145. The molecule has 0 spiro atoms. The van der Waals surface area contributed by atoms with Gasteiger partial charge in [0, 0.05) is 23.6 Å². The van der Waals surface area contributed by atoms with E-state index in [1.165, 1.54) is 0 Å². The van der Waals surface area contributed by atoms with E-state index in [1.807, 2.05) is 35.8 Å². The number of hydrogen-bond donors (Lipinski definition) is 2. The van der Waals surface area contributed by atoms with E-state index < -0.39 is 24.3 Å². The van der Waals surface area contributed by atoms with Crippen molar-refractivity contribution < 1.29 is 19.8 Å². The highest BCUT2D eigenvalue weighted by Crippen LogP contribution is 2.30. The summed E-state index contributed by atoms with van der Waals surface area (Å²) in [5.74, 6) is -3.24. The molecule has 100 valence electrons. The SMILES string of the molecule is CCn1cc([C@H](CC(=O)O)C(=O)O)c2ccccc21. The van der Waals surface area contributed by atoms with Crippen LogP contribution in [0.2, 0.25) is 0 Å². The fraction of sp³-hybridized carbons (Fsp3) is 0.286. The summed E-state index contributed by atoms with van der Waals surface area (Å²) in [4.78, 5) is 22.1. The maximum Gasteiger partial charge on any atom is 0.311 e. The van der Waals surface area contributed by atoms with Crippen molar-refractivity contribution in [1.82, 2.24) is 4.57 Å². The molecule has 5 nitrogen and oxygen atoms in total. The Hall–Kier alpha value is -2.30. The monoisotopic (exact) mass is 261 g/mol. The molecule has 0 aliphatic carbocycles. The number of nitrogens with zero attached hydrogens (tertiary/aromatic N) is 1. The molecule has 2 N–H and O–H groups in total. The maximum atomic E-state index is 11.3. The van der Waals surface area contributed by atoms with Crippen LogP contribution in [0, 0.1) is 0 Å². The van der Waals surface area contributed by atoms with Crippen molar-refractivity contribution in [1.29, 1.82) is 0 Å². The molecule has 0 fully saturated rings. The molecule has 0 unspecified atom stereocenters. The normalized spacial score (nSPS) is 12.5. The van der Waals surface area contributed by atoms with Crippen molar-refractivity contribution in [2.75, 3.05) is 0 Å². The highest BCUT2D eigenvalue weighted by Gasteiger charge is 2.26. The summed E-state index contributed by atoms with van der Waals surface area (Å²) in [6.07, 6.45) is 1.33. The van der Waals surface area contributed by atoms with Gasteiger partial charge in [0.1, 0.15) is 0 Å². The van der Waals surface area contributed by atoms with E-state index in [2.05, 4.69) is 0 Å². The summed E-state index contributed by atoms with van der Waals surface area (Å²) >= 11 is 0. The Kier molecular flexibility index (Phi) is 3.55. The minimum atomic E-state index is -1.11. The van der Waals surface area contributed by atoms with Gasteiger partial charge in [0.05, 0.1) is 12.3 Å². The second-order valence-corrected chi connectivity index (χ2v) is 4.38. The van der Waals surface area contributed by atoms with Gasteiger partial charge in [-0.05, 0) is 18.6 Å². The molecule has 0 amide bonds. The zero-order valence-corrected chi connectivity index (χ0v) is 10.5. The van der Waals surface area contributed by atoms with Crippen LogP contribution in [-0.4, -0.2) is 26.7 Å². The van der Waals surface area contributed by atoms with Crippen molar-refractivity contribution in [3.8, 4) is 0 Å². The number of aromatic nitrogens is 1. The third-order valence-electron chi connectivity index (χ3n) is 3.21. The molecule has 1 heterocycles. The Morgan fingerprint density at radius 3 is 2.53 bits per heavy atom. The summed E-state index contributed by atoms with van der Waals surface area (Å²) in [6.45, 7) is 2.67. The van der Waals surface area contributed by atoms with Gasteiger partial charge < -0.3 is 14.8 Å². The highest BCUT2D eigenvalue weighted by atomic mass is 16.4. The average molecular weight is 261 g/mol. The van der Waals surface area contributed by atoms with Crippen LogP contribution in [0.4, 0.5) is 0 Å². The number of para-hydroxylation sites is 1. The lowest BCUT2D eigenvalue weighted by atomic mass is 9.95. The van der Waals surface area contributed by atoms with Crippen LogP contribution < -0.4 is 0 Å². The van der Waals surface area contributed by atoms with Gasteiger partial charge in [0.15, 0.2) is 0 Å². The summed E-state index contributed by atoms with van der Waals surface area (Å²) in [7, 11) is 0. The second kappa shape index (κ2) is 5.14. The topological polar surface area (TPSA) is 79.5 Å². The molecular formula is C14H15NO4. The fourth-order valence-electron chi connectivity index (χ4n) is 2.32. The summed E-state index contributed by atoms with van der Waals surface area (Å²) in [5.41, 5.74) is 1.49. The zero-order chi connectivity index (χ0) is 14.0. The van der Waals surface area contributed by atoms with Gasteiger partial charge in [0.2, 0.25) is 0 Å². The van der Waals surface area contributed by atoms with Gasteiger partial charge in [-0.25, -0.2) is 0 Å². The molecule has 1 aromatic heterocycles. The standard InChI is InChI=1S/C14H15NO4/c1-2-15-8-11(9-5-3-4-6-12(9)15)10(14(18)19)7-13(16)17/h3-6,8,10H,2,7H2,1H3,(H,16,17)(H,18,19)/t10-/m0/s1. The molecule has 0 bridgehead atoms. The highest BCUT2D eigenvalue weighted by molar-refractivity contribution is 5.91. The van der Waals surface area contributed by atoms with E-state index in [0.717, 1.165) is 10.9 Å². The van der Waals surface area contributed by atoms with E-state index in [9.17, 15) is 14.7 Å². The molecule has 1 aromatic carbocycles. The molecule has 0 radical (unpaired) electrons. The van der Waals surface area contributed by atoms with Gasteiger partial charge in [-0.2, -0.15) is 0 Å². The molecule has 5 heteroatoms.